The summed E-state index contributed by atoms with van der Waals surface area (Å²) in [5.41, 5.74) is 0.355. The molecule has 1 fully saturated rings. The number of phenols is 2. The van der Waals surface area contributed by atoms with Crippen LogP contribution in [0.5, 0.6) is 17.2 Å². The van der Waals surface area contributed by atoms with Gasteiger partial charge < -0.3 is 20.3 Å². The lowest BCUT2D eigenvalue weighted by molar-refractivity contribution is -0.00360. The molecule has 86 valence electrons. The lowest BCUT2D eigenvalue weighted by Crippen LogP contribution is -2.52. The molecule has 2 heterocycles. The first-order valence-corrected chi connectivity index (χ1v) is 5.60. The maximum absolute atomic E-state index is 9.86. The molecule has 0 amide bonds. The van der Waals surface area contributed by atoms with Crippen molar-refractivity contribution in [3.63, 3.8) is 0 Å². The Hall–Kier alpha value is -1.42. The van der Waals surface area contributed by atoms with E-state index in [9.17, 15) is 10.2 Å². The molecule has 1 aromatic rings. The lowest BCUT2D eigenvalue weighted by atomic mass is 9.81. The predicted octanol–water partition coefficient (Wildman–Crippen LogP) is 1.46. The van der Waals surface area contributed by atoms with Crippen LogP contribution in [0.25, 0.3) is 0 Å². The summed E-state index contributed by atoms with van der Waals surface area (Å²) in [4.78, 5) is 0. The maximum Gasteiger partial charge on any atom is 0.154 e. The van der Waals surface area contributed by atoms with Crippen molar-refractivity contribution in [1.29, 1.82) is 0 Å². The molecule has 0 aliphatic carbocycles. The van der Waals surface area contributed by atoms with Crippen LogP contribution in [0.2, 0.25) is 0 Å². The minimum absolute atomic E-state index is 0.0395. The number of aromatic hydroxyl groups is 2. The van der Waals surface area contributed by atoms with Crippen LogP contribution in [-0.4, -0.2) is 22.8 Å². The van der Waals surface area contributed by atoms with Crippen molar-refractivity contribution >= 4 is 0 Å². The Morgan fingerprint density at radius 3 is 2.88 bits per heavy atom. The molecule has 0 radical (unpaired) electrons. The number of benzene rings is 1. The summed E-state index contributed by atoms with van der Waals surface area (Å²) >= 11 is 0. The van der Waals surface area contributed by atoms with Gasteiger partial charge in [-0.2, -0.15) is 0 Å². The topological polar surface area (TPSA) is 61.7 Å². The highest BCUT2D eigenvalue weighted by atomic mass is 16.5. The molecule has 2 atom stereocenters. The Balaban J connectivity index is 2.01. The van der Waals surface area contributed by atoms with Crippen LogP contribution in [0.15, 0.2) is 12.1 Å². The Labute approximate surface area is 93.9 Å². The van der Waals surface area contributed by atoms with E-state index in [2.05, 4.69) is 5.32 Å². The molecule has 2 unspecified atom stereocenters. The van der Waals surface area contributed by atoms with Crippen molar-refractivity contribution in [1.82, 2.24) is 5.32 Å². The second-order valence-electron chi connectivity index (χ2n) is 4.70. The van der Waals surface area contributed by atoms with Gasteiger partial charge in [-0.3, -0.25) is 0 Å². The fourth-order valence-corrected chi connectivity index (χ4v) is 2.80. The number of hydrogen-bond donors (Lipinski definition) is 3. The van der Waals surface area contributed by atoms with Crippen molar-refractivity contribution < 1.29 is 14.9 Å². The van der Waals surface area contributed by atoms with E-state index in [1.807, 2.05) is 6.92 Å². The Kier molecular flexibility index (Phi) is 1.86. The SMILES string of the molecule is CC1(C2CCCN2)Oc2cc(O)cc(O)c21. The summed E-state index contributed by atoms with van der Waals surface area (Å²) in [5, 5.41) is 22.6. The smallest absolute Gasteiger partial charge is 0.154 e. The molecule has 16 heavy (non-hydrogen) atoms. The third-order valence-electron chi connectivity index (χ3n) is 3.61. The fraction of sp³-hybridized carbons (Fsp3) is 0.500. The van der Waals surface area contributed by atoms with E-state index in [0.29, 0.717) is 5.75 Å². The molecule has 2 aliphatic heterocycles. The molecule has 4 nitrogen and oxygen atoms in total. The quantitative estimate of drug-likeness (QED) is 0.672. The van der Waals surface area contributed by atoms with E-state index in [0.717, 1.165) is 24.9 Å². The third kappa shape index (κ3) is 1.13. The average molecular weight is 221 g/mol. The zero-order valence-corrected chi connectivity index (χ0v) is 9.16. The highest BCUT2D eigenvalue weighted by Gasteiger charge is 2.50. The molecule has 3 N–H and O–H groups in total. The van der Waals surface area contributed by atoms with Gasteiger partial charge in [0.2, 0.25) is 0 Å². The van der Waals surface area contributed by atoms with Gasteiger partial charge in [-0.15, -0.1) is 0 Å². The lowest BCUT2D eigenvalue weighted by Gasteiger charge is -2.45. The van der Waals surface area contributed by atoms with E-state index in [-0.39, 0.29) is 17.5 Å². The first-order valence-electron chi connectivity index (χ1n) is 5.60. The van der Waals surface area contributed by atoms with Crippen LogP contribution >= 0.6 is 0 Å². The van der Waals surface area contributed by atoms with Gasteiger partial charge in [0, 0.05) is 12.1 Å². The number of phenolic OH excluding ortho intramolecular Hbond substituents is 2. The molecule has 3 rings (SSSR count). The second kappa shape index (κ2) is 3.04. The van der Waals surface area contributed by atoms with Crippen LogP contribution in [-0.2, 0) is 5.60 Å². The van der Waals surface area contributed by atoms with Crippen molar-refractivity contribution in [3.05, 3.63) is 17.7 Å². The van der Waals surface area contributed by atoms with Gasteiger partial charge in [0.05, 0.1) is 11.6 Å². The Bertz CT molecular complexity index is 423. The van der Waals surface area contributed by atoms with E-state index >= 15 is 0 Å². The van der Waals surface area contributed by atoms with Gasteiger partial charge in [-0.1, -0.05) is 0 Å². The molecule has 0 aromatic heterocycles. The summed E-state index contributed by atoms with van der Waals surface area (Å²) in [6.07, 6.45) is 2.19. The summed E-state index contributed by atoms with van der Waals surface area (Å²) in [7, 11) is 0. The molecule has 4 heteroatoms. The van der Waals surface area contributed by atoms with Crippen molar-refractivity contribution in [2.24, 2.45) is 0 Å². The molecule has 0 bridgehead atoms. The summed E-state index contributed by atoms with van der Waals surface area (Å²) in [6.45, 7) is 2.98. The van der Waals surface area contributed by atoms with Gasteiger partial charge in [0.25, 0.3) is 0 Å². The molecule has 1 saturated heterocycles. The second-order valence-corrected chi connectivity index (χ2v) is 4.70. The molecule has 0 saturated carbocycles. The summed E-state index contributed by atoms with van der Waals surface area (Å²) < 4.78 is 5.74. The minimum atomic E-state index is -0.455. The summed E-state index contributed by atoms with van der Waals surface area (Å²) in [5.74, 6) is 0.754. The van der Waals surface area contributed by atoms with Crippen LogP contribution < -0.4 is 10.1 Å². The van der Waals surface area contributed by atoms with Gasteiger partial charge in [0.1, 0.15) is 17.2 Å². The number of ether oxygens (including phenoxy) is 1. The van der Waals surface area contributed by atoms with E-state index in [4.69, 9.17) is 4.74 Å². The highest BCUT2D eigenvalue weighted by Crippen LogP contribution is 2.53. The van der Waals surface area contributed by atoms with Crippen LogP contribution in [0.3, 0.4) is 0 Å². The van der Waals surface area contributed by atoms with Gasteiger partial charge >= 0.3 is 0 Å². The van der Waals surface area contributed by atoms with E-state index in [1.165, 1.54) is 6.07 Å². The van der Waals surface area contributed by atoms with E-state index < -0.39 is 5.60 Å². The molecule has 1 aromatic carbocycles. The van der Waals surface area contributed by atoms with Crippen LogP contribution in [0.4, 0.5) is 0 Å². The Morgan fingerprint density at radius 2 is 2.25 bits per heavy atom. The number of nitrogens with one attached hydrogen (secondary N) is 1. The van der Waals surface area contributed by atoms with E-state index in [1.54, 1.807) is 6.07 Å². The maximum atomic E-state index is 9.86. The monoisotopic (exact) mass is 221 g/mol. The number of rotatable bonds is 1. The fourth-order valence-electron chi connectivity index (χ4n) is 2.80. The van der Waals surface area contributed by atoms with Crippen LogP contribution in [0, 0.1) is 0 Å². The van der Waals surface area contributed by atoms with Crippen LogP contribution in [0.1, 0.15) is 25.3 Å². The molecule has 0 spiro atoms. The summed E-state index contributed by atoms with van der Waals surface area (Å²) in [6, 6.07) is 3.16. The molecule has 2 aliphatic rings. The zero-order valence-electron chi connectivity index (χ0n) is 9.16. The average Bonchev–Trinajstić information content (AvgIpc) is 2.66. The number of fused-ring (bicyclic) bond motifs is 1. The van der Waals surface area contributed by atoms with Crippen molar-refractivity contribution in [2.45, 2.75) is 31.4 Å². The van der Waals surface area contributed by atoms with Crippen molar-refractivity contribution in [2.75, 3.05) is 6.54 Å². The normalized spacial score (nSPS) is 31.7. The zero-order chi connectivity index (χ0) is 11.3. The Morgan fingerprint density at radius 1 is 1.44 bits per heavy atom. The molecular formula is C12H15NO3. The first kappa shape index (κ1) is 9.78. The third-order valence-corrected chi connectivity index (χ3v) is 3.61. The minimum Gasteiger partial charge on any atom is -0.508 e. The standard InChI is InChI=1S/C12H15NO3/c1-12(10-3-2-4-13-10)11-8(15)5-7(14)6-9(11)16-12/h5-6,10,13-15H,2-4H2,1H3. The van der Waals surface area contributed by atoms with Gasteiger partial charge in [-0.05, 0) is 26.3 Å². The number of hydrogen-bond acceptors (Lipinski definition) is 4. The highest BCUT2D eigenvalue weighted by molar-refractivity contribution is 5.58. The molecular weight excluding hydrogens is 206 g/mol. The first-order chi connectivity index (χ1) is 7.61. The van der Waals surface area contributed by atoms with Gasteiger partial charge in [-0.25, -0.2) is 0 Å². The van der Waals surface area contributed by atoms with Crippen molar-refractivity contribution in [3.8, 4) is 17.2 Å². The largest absolute Gasteiger partial charge is 0.508 e. The predicted molar refractivity (Wildman–Crippen MR) is 58.8 cm³/mol. The van der Waals surface area contributed by atoms with Gasteiger partial charge in [0.15, 0.2) is 5.60 Å².